The molecule has 0 radical (unpaired) electrons. The molecule has 1 N–H and O–H groups in total. The van der Waals surface area contributed by atoms with Gasteiger partial charge in [0, 0.05) is 34.4 Å². The summed E-state index contributed by atoms with van der Waals surface area (Å²) in [5, 5.41) is 2.09. The lowest BCUT2D eigenvalue weighted by Crippen LogP contribution is -2.33. The van der Waals surface area contributed by atoms with Crippen molar-refractivity contribution < 1.29 is 8.42 Å². The largest absolute Gasteiger partial charge is 0.241 e. The highest BCUT2D eigenvalue weighted by Gasteiger charge is 2.20. The minimum Gasteiger partial charge on any atom is -0.210 e. The minimum absolute atomic E-state index is 0.369. The maximum absolute atomic E-state index is 12.6. The van der Waals surface area contributed by atoms with Gasteiger partial charge in [0.1, 0.15) is 0 Å². The van der Waals surface area contributed by atoms with Crippen LogP contribution in [0.2, 0.25) is 0 Å². The van der Waals surface area contributed by atoms with Gasteiger partial charge in [0.05, 0.1) is 4.90 Å². The molecule has 21 heavy (non-hydrogen) atoms. The van der Waals surface area contributed by atoms with Crippen molar-refractivity contribution in [1.29, 1.82) is 0 Å². The Bertz CT molecular complexity index is 719. The van der Waals surface area contributed by atoms with Gasteiger partial charge < -0.3 is 0 Å². The Hall–Kier alpha value is -0.690. The molecule has 3 rings (SSSR count). The second-order valence-electron chi connectivity index (χ2n) is 4.90. The van der Waals surface area contributed by atoms with Crippen LogP contribution in [-0.2, 0) is 10.0 Å². The summed E-state index contributed by atoms with van der Waals surface area (Å²) in [5.41, 5.74) is 0. The Morgan fingerprint density at radius 2 is 1.90 bits per heavy atom. The van der Waals surface area contributed by atoms with Gasteiger partial charge in [-0.15, -0.1) is 0 Å². The maximum atomic E-state index is 12.6. The van der Waals surface area contributed by atoms with E-state index in [4.69, 9.17) is 0 Å². The second-order valence-corrected chi connectivity index (χ2v) is 9.19. The summed E-state index contributed by atoms with van der Waals surface area (Å²) >= 11 is 3.75. The van der Waals surface area contributed by atoms with Crippen LogP contribution >= 0.6 is 23.5 Å². The molecule has 0 bridgehead atoms. The van der Waals surface area contributed by atoms with Crippen LogP contribution in [-0.4, -0.2) is 37.5 Å². The molecule has 1 aliphatic rings. The molecule has 0 amide bonds. The minimum atomic E-state index is -3.46. The van der Waals surface area contributed by atoms with Crippen LogP contribution in [0.1, 0.15) is 0 Å². The average Bonchev–Trinajstić information content (AvgIpc) is 2.53. The molecule has 1 unspecified atom stereocenters. The SMILES string of the molecule is O=S(=O)(NCC1CSCCS1)c1cccc2ccccc12. The van der Waals surface area contributed by atoms with E-state index in [0.29, 0.717) is 16.7 Å². The van der Waals surface area contributed by atoms with Gasteiger partial charge >= 0.3 is 0 Å². The zero-order chi connectivity index (χ0) is 14.7. The third kappa shape index (κ3) is 3.56. The molecule has 1 atom stereocenters. The summed E-state index contributed by atoms with van der Waals surface area (Å²) in [5.74, 6) is 3.28. The lowest BCUT2D eigenvalue weighted by Gasteiger charge is -2.21. The van der Waals surface area contributed by atoms with Gasteiger partial charge in [-0.1, -0.05) is 36.4 Å². The van der Waals surface area contributed by atoms with Gasteiger partial charge in [-0.05, 0) is 11.5 Å². The number of thioether (sulfide) groups is 2. The molecular weight excluding hydrogens is 322 g/mol. The van der Waals surface area contributed by atoms with Crippen molar-refractivity contribution in [2.75, 3.05) is 23.8 Å². The van der Waals surface area contributed by atoms with Crippen LogP contribution in [0.4, 0.5) is 0 Å². The molecule has 0 aromatic heterocycles. The fraction of sp³-hybridized carbons (Fsp3) is 0.333. The molecule has 0 spiro atoms. The Balaban J connectivity index is 1.83. The number of hydrogen-bond donors (Lipinski definition) is 1. The molecule has 112 valence electrons. The summed E-state index contributed by atoms with van der Waals surface area (Å²) in [4.78, 5) is 0.370. The summed E-state index contributed by atoms with van der Waals surface area (Å²) in [7, 11) is -3.46. The van der Waals surface area contributed by atoms with Gasteiger partial charge in [-0.25, -0.2) is 13.1 Å². The standard InChI is InChI=1S/C15H17NO2S3/c17-21(18,16-10-13-11-19-8-9-20-13)15-7-3-5-12-4-1-2-6-14(12)15/h1-7,13,16H,8-11H2. The highest BCUT2D eigenvalue weighted by molar-refractivity contribution is 8.06. The molecule has 1 heterocycles. The zero-order valence-electron chi connectivity index (χ0n) is 11.5. The molecule has 0 aliphatic carbocycles. The van der Waals surface area contributed by atoms with Crippen molar-refractivity contribution in [1.82, 2.24) is 4.72 Å². The van der Waals surface area contributed by atoms with Crippen LogP contribution in [0.5, 0.6) is 0 Å². The van der Waals surface area contributed by atoms with Gasteiger partial charge in [0.2, 0.25) is 10.0 Å². The van der Waals surface area contributed by atoms with E-state index in [1.807, 2.05) is 53.9 Å². The van der Waals surface area contributed by atoms with Crippen LogP contribution in [0, 0.1) is 0 Å². The van der Waals surface area contributed by atoms with Gasteiger partial charge in [0.15, 0.2) is 0 Å². The van der Waals surface area contributed by atoms with E-state index in [-0.39, 0.29) is 0 Å². The van der Waals surface area contributed by atoms with Crippen molar-refractivity contribution in [2.24, 2.45) is 0 Å². The number of benzene rings is 2. The molecule has 6 heteroatoms. The Morgan fingerprint density at radius 3 is 2.71 bits per heavy atom. The molecule has 1 saturated heterocycles. The van der Waals surface area contributed by atoms with E-state index in [9.17, 15) is 8.42 Å². The number of nitrogens with one attached hydrogen (secondary N) is 1. The molecule has 3 nitrogen and oxygen atoms in total. The first kappa shape index (κ1) is 15.2. The molecule has 2 aromatic rings. The molecule has 1 aliphatic heterocycles. The van der Waals surface area contributed by atoms with Crippen LogP contribution < -0.4 is 4.72 Å². The summed E-state index contributed by atoms with van der Waals surface area (Å²) in [6.07, 6.45) is 0. The lowest BCUT2D eigenvalue weighted by atomic mass is 10.1. The van der Waals surface area contributed by atoms with E-state index in [1.165, 1.54) is 0 Å². The summed E-state index contributed by atoms with van der Waals surface area (Å²) in [6.45, 7) is 0.503. The fourth-order valence-electron chi connectivity index (χ4n) is 2.36. The first-order valence-electron chi connectivity index (χ1n) is 6.83. The average molecular weight is 340 g/mol. The molecular formula is C15H17NO2S3. The summed E-state index contributed by atoms with van der Waals surface area (Å²) < 4.78 is 27.9. The molecule has 2 aromatic carbocycles. The van der Waals surface area contributed by atoms with E-state index in [1.54, 1.807) is 12.1 Å². The topological polar surface area (TPSA) is 46.2 Å². The monoisotopic (exact) mass is 339 g/mol. The normalized spacial score (nSPS) is 19.7. The second kappa shape index (κ2) is 6.60. The van der Waals surface area contributed by atoms with Crippen molar-refractivity contribution in [3.63, 3.8) is 0 Å². The van der Waals surface area contributed by atoms with Crippen LogP contribution in [0.25, 0.3) is 10.8 Å². The highest BCUT2D eigenvalue weighted by Crippen LogP contribution is 2.25. The van der Waals surface area contributed by atoms with E-state index >= 15 is 0 Å². The van der Waals surface area contributed by atoms with E-state index in [2.05, 4.69) is 4.72 Å². The first-order chi connectivity index (χ1) is 10.2. The fourth-order valence-corrected chi connectivity index (χ4v) is 6.39. The number of hydrogen-bond acceptors (Lipinski definition) is 4. The Kier molecular flexibility index (Phi) is 4.78. The van der Waals surface area contributed by atoms with Crippen molar-refractivity contribution in [2.45, 2.75) is 10.1 Å². The quantitative estimate of drug-likeness (QED) is 0.930. The highest BCUT2D eigenvalue weighted by atomic mass is 32.2. The van der Waals surface area contributed by atoms with Crippen LogP contribution in [0.3, 0.4) is 0 Å². The van der Waals surface area contributed by atoms with Crippen molar-refractivity contribution in [3.05, 3.63) is 42.5 Å². The number of rotatable bonds is 4. The van der Waals surface area contributed by atoms with E-state index < -0.39 is 10.0 Å². The predicted octanol–water partition coefficient (Wildman–Crippen LogP) is 2.97. The Morgan fingerprint density at radius 1 is 1.10 bits per heavy atom. The Labute approximate surface area is 133 Å². The summed E-state index contributed by atoms with van der Waals surface area (Å²) in [6, 6.07) is 13.0. The third-order valence-corrected chi connectivity index (χ3v) is 7.75. The third-order valence-electron chi connectivity index (χ3n) is 3.43. The molecule has 0 saturated carbocycles. The molecule has 1 fully saturated rings. The maximum Gasteiger partial charge on any atom is 0.241 e. The van der Waals surface area contributed by atoms with Crippen LogP contribution in [0.15, 0.2) is 47.4 Å². The number of fused-ring (bicyclic) bond motifs is 1. The predicted molar refractivity (Wildman–Crippen MR) is 92.7 cm³/mol. The zero-order valence-corrected chi connectivity index (χ0v) is 13.9. The first-order valence-corrected chi connectivity index (χ1v) is 10.5. The van der Waals surface area contributed by atoms with Crippen molar-refractivity contribution >= 4 is 44.3 Å². The van der Waals surface area contributed by atoms with Crippen molar-refractivity contribution in [3.8, 4) is 0 Å². The number of sulfonamides is 1. The van der Waals surface area contributed by atoms with E-state index in [0.717, 1.165) is 28.0 Å². The van der Waals surface area contributed by atoms with Gasteiger partial charge in [0.25, 0.3) is 0 Å². The van der Waals surface area contributed by atoms with Gasteiger partial charge in [-0.3, -0.25) is 0 Å². The smallest absolute Gasteiger partial charge is 0.210 e. The lowest BCUT2D eigenvalue weighted by molar-refractivity contribution is 0.582. The van der Waals surface area contributed by atoms with Gasteiger partial charge in [-0.2, -0.15) is 23.5 Å².